The van der Waals surface area contributed by atoms with Gasteiger partial charge in [-0.25, -0.2) is 4.98 Å². The topological polar surface area (TPSA) is 72.8 Å². The van der Waals surface area contributed by atoms with Crippen molar-refractivity contribution in [1.29, 1.82) is 0 Å². The van der Waals surface area contributed by atoms with E-state index in [9.17, 15) is 4.79 Å². The maximum Gasteiger partial charge on any atom is 0.273 e. The second-order valence-corrected chi connectivity index (χ2v) is 5.92. The van der Waals surface area contributed by atoms with E-state index in [0.29, 0.717) is 23.0 Å². The molecule has 114 valence electrons. The minimum atomic E-state index is -1.05. The molecule has 3 rings (SSSR count). The molecule has 1 unspecified atom stereocenters. The van der Waals surface area contributed by atoms with Crippen LogP contribution in [0.15, 0.2) is 41.0 Å². The van der Waals surface area contributed by atoms with Gasteiger partial charge in [0.1, 0.15) is 5.75 Å². The standard InChI is InChI=1S/C15H15N3O3S/c1-15(13(19)17-14-16-7-8-22-14)9-11(18-21-15)10-5-3-4-6-12(10)20-2/h3-8H,9H2,1-2H3,(H,16,17,19). The maximum absolute atomic E-state index is 12.4. The van der Waals surface area contributed by atoms with E-state index in [1.54, 1.807) is 25.6 Å². The number of nitrogens with one attached hydrogen (secondary N) is 1. The van der Waals surface area contributed by atoms with Gasteiger partial charge in [0.15, 0.2) is 5.13 Å². The van der Waals surface area contributed by atoms with E-state index < -0.39 is 5.60 Å². The summed E-state index contributed by atoms with van der Waals surface area (Å²) < 4.78 is 5.33. The highest BCUT2D eigenvalue weighted by molar-refractivity contribution is 7.13. The van der Waals surface area contributed by atoms with E-state index in [4.69, 9.17) is 9.57 Å². The van der Waals surface area contributed by atoms with E-state index >= 15 is 0 Å². The second kappa shape index (κ2) is 5.76. The van der Waals surface area contributed by atoms with Crippen molar-refractivity contribution in [3.05, 3.63) is 41.4 Å². The van der Waals surface area contributed by atoms with E-state index in [-0.39, 0.29) is 5.91 Å². The zero-order chi connectivity index (χ0) is 15.6. The Labute approximate surface area is 131 Å². The fourth-order valence-corrected chi connectivity index (χ4v) is 2.73. The molecule has 0 radical (unpaired) electrons. The number of hydrogen-bond acceptors (Lipinski definition) is 6. The molecule has 1 aliphatic rings. The van der Waals surface area contributed by atoms with Crippen LogP contribution in [0.2, 0.25) is 0 Å². The molecule has 0 aliphatic carbocycles. The molecule has 2 heterocycles. The molecule has 0 saturated heterocycles. The SMILES string of the molecule is COc1ccccc1C1=NOC(C)(C(=O)Nc2nccs2)C1. The minimum absolute atomic E-state index is 0.268. The van der Waals surface area contributed by atoms with Crippen LogP contribution in [0.25, 0.3) is 0 Å². The van der Waals surface area contributed by atoms with Gasteiger partial charge in [-0.2, -0.15) is 0 Å². The Morgan fingerprint density at radius 1 is 1.45 bits per heavy atom. The Bertz CT molecular complexity index is 715. The molecule has 6 nitrogen and oxygen atoms in total. The van der Waals surface area contributed by atoms with Crippen LogP contribution in [-0.4, -0.2) is 29.3 Å². The Morgan fingerprint density at radius 2 is 2.27 bits per heavy atom. The highest BCUT2D eigenvalue weighted by Crippen LogP contribution is 2.31. The van der Waals surface area contributed by atoms with E-state index in [2.05, 4.69) is 15.5 Å². The molecule has 0 bridgehead atoms. The summed E-state index contributed by atoms with van der Waals surface area (Å²) in [6, 6.07) is 7.52. The van der Waals surface area contributed by atoms with Crippen molar-refractivity contribution in [1.82, 2.24) is 4.98 Å². The predicted octanol–water partition coefficient (Wildman–Crippen LogP) is 2.67. The molecule has 7 heteroatoms. The molecule has 1 amide bonds. The summed E-state index contributed by atoms with van der Waals surface area (Å²) in [5.74, 6) is 0.436. The van der Waals surface area contributed by atoms with Gasteiger partial charge < -0.3 is 9.57 Å². The average molecular weight is 317 g/mol. The van der Waals surface area contributed by atoms with Crippen molar-refractivity contribution >= 4 is 28.1 Å². The zero-order valence-electron chi connectivity index (χ0n) is 12.2. The number of ether oxygens (including phenoxy) is 1. The number of aromatic nitrogens is 1. The lowest BCUT2D eigenvalue weighted by molar-refractivity contribution is -0.135. The van der Waals surface area contributed by atoms with Crippen LogP contribution in [0.3, 0.4) is 0 Å². The smallest absolute Gasteiger partial charge is 0.273 e. The molecule has 1 atom stereocenters. The van der Waals surface area contributed by atoms with Crippen molar-refractivity contribution in [2.24, 2.45) is 5.16 Å². The number of methoxy groups -OCH3 is 1. The average Bonchev–Trinajstić information content (AvgIpc) is 3.17. The monoisotopic (exact) mass is 317 g/mol. The summed E-state index contributed by atoms with van der Waals surface area (Å²) in [5.41, 5.74) is 0.465. The summed E-state index contributed by atoms with van der Waals surface area (Å²) in [4.78, 5) is 21.8. The van der Waals surface area contributed by atoms with Gasteiger partial charge >= 0.3 is 0 Å². The zero-order valence-corrected chi connectivity index (χ0v) is 13.0. The lowest BCUT2D eigenvalue weighted by Crippen LogP contribution is -2.40. The van der Waals surface area contributed by atoms with Crippen molar-refractivity contribution < 1.29 is 14.4 Å². The number of para-hydroxylation sites is 1. The van der Waals surface area contributed by atoms with E-state index in [1.807, 2.05) is 24.3 Å². The second-order valence-electron chi connectivity index (χ2n) is 5.03. The molecular weight excluding hydrogens is 302 g/mol. The number of amides is 1. The molecular formula is C15H15N3O3S. The third kappa shape index (κ3) is 2.67. The maximum atomic E-state index is 12.4. The number of carbonyl (C=O) groups excluding carboxylic acids is 1. The number of nitrogens with zero attached hydrogens (tertiary/aromatic N) is 2. The third-order valence-corrected chi connectivity index (χ3v) is 4.10. The Kier molecular flexibility index (Phi) is 3.81. The lowest BCUT2D eigenvalue weighted by Gasteiger charge is -2.19. The van der Waals surface area contributed by atoms with Gasteiger partial charge in [0.2, 0.25) is 5.60 Å². The fraction of sp³-hybridized carbons (Fsp3) is 0.267. The summed E-state index contributed by atoms with van der Waals surface area (Å²) in [5, 5.41) is 9.16. The van der Waals surface area contributed by atoms with Crippen LogP contribution in [0.4, 0.5) is 5.13 Å². The Morgan fingerprint density at radius 3 is 3.00 bits per heavy atom. The first-order chi connectivity index (χ1) is 10.6. The van der Waals surface area contributed by atoms with Crippen LogP contribution in [0.5, 0.6) is 5.75 Å². The first-order valence-corrected chi connectivity index (χ1v) is 7.60. The van der Waals surface area contributed by atoms with Crippen molar-refractivity contribution in [2.45, 2.75) is 18.9 Å². The number of hydrogen-bond donors (Lipinski definition) is 1. The van der Waals surface area contributed by atoms with Gasteiger partial charge in [-0.15, -0.1) is 11.3 Å². The number of carbonyl (C=O) groups is 1. The summed E-state index contributed by atoms with van der Waals surface area (Å²) in [6.45, 7) is 1.71. The largest absolute Gasteiger partial charge is 0.496 e. The van der Waals surface area contributed by atoms with Gasteiger partial charge in [-0.05, 0) is 19.1 Å². The number of anilines is 1. The lowest BCUT2D eigenvalue weighted by atomic mass is 9.95. The predicted molar refractivity (Wildman–Crippen MR) is 84.4 cm³/mol. The van der Waals surface area contributed by atoms with Crippen LogP contribution < -0.4 is 10.1 Å². The summed E-state index contributed by atoms with van der Waals surface area (Å²) in [7, 11) is 1.60. The molecule has 1 aromatic heterocycles. The Hall–Kier alpha value is -2.41. The summed E-state index contributed by atoms with van der Waals surface area (Å²) >= 11 is 1.36. The van der Waals surface area contributed by atoms with Crippen LogP contribution >= 0.6 is 11.3 Å². The molecule has 2 aromatic rings. The molecule has 0 spiro atoms. The van der Waals surface area contributed by atoms with Gasteiger partial charge in [-0.1, -0.05) is 17.3 Å². The molecule has 22 heavy (non-hydrogen) atoms. The van der Waals surface area contributed by atoms with Gasteiger partial charge in [-0.3, -0.25) is 10.1 Å². The number of oxime groups is 1. The number of rotatable bonds is 4. The normalized spacial score (nSPS) is 20.2. The molecule has 0 fully saturated rings. The highest BCUT2D eigenvalue weighted by atomic mass is 32.1. The Balaban J connectivity index is 1.76. The van der Waals surface area contributed by atoms with Gasteiger partial charge in [0, 0.05) is 23.6 Å². The molecule has 1 N–H and O–H groups in total. The first kappa shape index (κ1) is 14.5. The van der Waals surface area contributed by atoms with Crippen molar-refractivity contribution in [3.63, 3.8) is 0 Å². The third-order valence-electron chi connectivity index (χ3n) is 3.41. The van der Waals surface area contributed by atoms with Crippen molar-refractivity contribution in [2.75, 3.05) is 12.4 Å². The molecule has 1 aromatic carbocycles. The van der Waals surface area contributed by atoms with Crippen molar-refractivity contribution in [3.8, 4) is 5.75 Å². The number of thiazole rings is 1. The first-order valence-electron chi connectivity index (χ1n) is 6.72. The van der Waals surface area contributed by atoms with Crippen LogP contribution in [0, 0.1) is 0 Å². The minimum Gasteiger partial charge on any atom is -0.496 e. The quantitative estimate of drug-likeness (QED) is 0.941. The molecule has 1 aliphatic heterocycles. The number of benzene rings is 1. The highest BCUT2D eigenvalue weighted by Gasteiger charge is 2.43. The van der Waals surface area contributed by atoms with Gasteiger partial charge in [0.25, 0.3) is 5.91 Å². The van der Waals surface area contributed by atoms with Crippen LogP contribution in [-0.2, 0) is 9.63 Å². The molecule has 0 saturated carbocycles. The van der Waals surface area contributed by atoms with Crippen LogP contribution in [0.1, 0.15) is 18.9 Å². The van der Waals surface area contributed by atoms with Gasteiger partial charge in [0.05, 0.1) is 12.8 Å². The van der Waals surface area contributed by atoms with E-state index in [1.165, 1.54) is 11.3 Å². The summed E-state index contributed by atoms with van der Waals surface area (Å²) in [6.07, 6.45) is 2.00. The fourth-order valence-electron chi connectivity index (χ4n) is 2.20. The van der Waals surface area contributed by atoms with E-state index in [0.717, 1.165) is 5.56 Å².